The van der Waals surface area contributed by atoms with Crippen LogP contribution in [0.5, 0.6) is 0 Å². The first kappa shape index (κ1) is 24.2. The van der Waals surface area contributed by atoms with Crippen LogP contribution < -0.4 is 0 Å². The lowest BCUT2D eigenvalue weighted by atomic mass is 9.94. The van der Waals surface area contributed by atoms with Crippen LogP contribution in [0.3, 0.4) is 0 Å². The average Bonchev–Trinajstić information content (AvgIpc) is 2.66. The summed E-state index contributed by atoms with van der Waals surface area (Å²) >= 11 is 0. The number of aryl methyl sites for hydroxylation is 1. The van der Waals surface area contributed by atoms with Gasteiger partial charge in [-0.2, -0.15) is 4.31 Å². The van der Waals surface area contributed by atoms with Crippen molar-refractivity contribution in [1.82, 2.24) is 4.31 Å². The van der Waals surface area contributed by atoms with Crippen molar-refractivity contribution in [3.8, 4) is 0 Å². The van der Waals surface area contributed by atoms with Crippen LogP contribution in [-0.4, -0.2) is 78.7 Å². The number of rotatable bonds is 7. The molecule has 168 valence electrons. The van der Waals surface area contributed by atoms with Gasteiger partial charge in [0.05, 0.1) is 4.90 Å². The number of aliphatic hydroxyl groups is 2. The van der Waals surface area contributed by atoms with Crippen LogP contribution in [0.4, 0.5) is 0 Å². The van der Waals surface area contributed by atoms with Gasteiger partial charge in [0, 0.05) is 20.5 Å². The molecule has 2 N–H and O–H groups in total. The number of hydrogen-bond donors (Lipinski definition) is 2. The van der Waals surface area contributed by atoms with E-state index < -0.39 is 59.2 Å². The van der Waals surface area contributed by atoms with E-state index in [0.717, 1.165) is 23.7 Å². The highest BCUT2D eigenvalue weighted by atomic mass is 32.2. The van der Waals surface area contributed by atoms with Gasteiger partial charge in [0.2, 0.25) is 10.0 Å². The molecular formula is C19H27NO9S. The molecule has 1 aliphatic rings. The zero-order valence-corrected chi connectivity index (χ0v) is 18.0. The van der Waals surface area contributed by atoms with Gasteiger partial charge in [-0.05, 0) is 26.0 Å². The van der Waals surface area contributed by atoms with E-state index in [2.05, 4.69) is 0 Å². The van der Waals surface area contributed by atoms with Gasteiger partial charge in [0.15, 0.2) is 12.3 Å². The van der Waals surface area contributed by atoms with E-state index in [1.165, 1.54) is 12.1 Å². The Bertz CT molecular complexity index is 855. The molecule has 0 unspecified atom stereocenters. The van der Waals surface area contributed by atoms with Crippen LogP contribution in [0.2, 0.25) is 0 Å². The predicted molar refractivity (Wildman–Crippen MR) is 104 cm³/mol. The molecule has 1 saturated heterocycles. The maximum atomic E-state index is 13.5. The van der Waals surface area contributed by atoms with Gasteiger partial charge < -0.3 is 24.4 Å². The first-order valence-corrected chi connectivity index (χ1v) is 10.8. The Morgan fingerprint density at radius 2 is 1.67 bits per heavy atom. The molecule has 1 fully saturated rings. The van der Waals surface area contributed by atoms with Gasteiger partial charge in [-0.1, -0.05) is 17.7 Å². The molecule has 1 aromatic carbocycles. The van der Waals surface area contributed by atoms with Crippen LogP contribution in [0.15, 0.2) is 29.2 Å². The minimum absolute atomic E-state index is 0.0207. The molecule has 1 aliphatic heterocycles. The molecule has 10 nitrogen and oxygen atoms in total. The molecule has 0 bridgehead atoms. The van der Waals surface area contributed by atoms with Crippen molar-refractivity contribution in [1.29, 1.82) is 0 Å². The Hall–Kier alpha value is -2.05. The van der Waals surface area contributed by atoms with Crippen LogP contribution in [0.25, 0.3) is 0 Å². The number of benzene rings is 1. The second-order valence-electron chi connectivity index (χ2n) is 6.92. The van der Waals surface area contributed by atoms with Crippen molar-refractivity contribution in [3.05, 3.63) is 29.8 Å². The van der Waals surface area contributed by atoms with Crippen molar-refractivity contribution < 1.29 is 42.4 Å². The van der Waals surface area contributed by atoms with Gasteiger partial charge in [-0.25, -0.2) is 8.42 Å². The third-order valence-electron chi connectivity index (χ3n) is 4.63. The molecule has 2 rings (SSSR count). The molecule has 1 heterocycles. The molecule has 0 saturated carbocycles. The monoisotopic (exact) mass is 445 g/mol. The second kappa shape index (κ2) is 9.84. The first-order valence-electron chi connectivity index (χ1n) is 9.39. The number of aliphatic hydroxyl groups excluding tert-OH is 2. The smallest absolute Gasteiger partial charge is 0.303 e. The maximum absolute atomic E-state index is 13.5. The highest BCUT2D eigenvalue weighted by Crippen LogP contribution is 2.33. The lowest BCUT2D eigenvalue weighted by molar-refractivity contribution is -0.223. The fourth-order valence-electron chi connectivity index (χ4n) is 3.28. The Morgan fingerprint density at radius 1 is 1.07 bits per heavy atom. The molecule has 0 amide bonds. The van der Waals surface area contributed by atoms with Crippen molar-refractivity contribution in [2.45, 2.75) is 63.2 Å². The van der Waals surface area contributed by atoms with E-state index in [1.807, 2.05) is 0 Å². The zero-order chi connectivity index (χ0) is 22.6. The minimum Gasteiger partial charge on any atom is -0.464 e. The summed E-state index contributed by atoms with van der Waals surface area (Å²) in [6.45, 7) is 5.09. The van der Waals surface area contributed by atoms with Crippen LogP contribution >= 0.6 is 0 Å². The van der Waals surface area contributed by atoms with Gasteiger partial charge in [-0.3, -0.25) is 9.59 Å². The predicted octanol–water partition coefficient (Wildman–Crippen LogP) is -0.0529. The SMILES string of the molecule is CCO[C@@H]1[C@@H](O)[C@@H](O)[C@H](OC(C)=O)[C@@H](COC(C)=O)N1S(=O)(=O)c1ccc(C)cc1. The van der Waals surface area contributed by atoms with Gasteiger partial charge in [0.25, 0.3) is 0 Å². The zero-order valence-electron chi connectivity index (χ0n) is 17.2. The summed E-state index contributed by atoms with van der Waals surface area (Å²) in [5, 5.41) is 21.1. The molecule has 1 aromatic rings. The molecule has 0 aliphatic carbocycles. The van der Waals surface area contributed by atoms with E-state index in [4.69, 9.17) is 14.2 Å². The molecule has 0 spiro atoms. The second-order valence-corrected chi connectivity index (χ2v) is 8.76. The number of hydrogen-bond acceptors (Lipinski definition) is 9. The normalized spacial score (nSPS) is 27.5. The third kappa shape index (κ3) is 5.16. The molecule has 0 aromatic heterocycles. The van der Waals surface area contributed by atoms with Gasteiger partial charge >= 0.3 is 11.9 Å². The van der Waals surface area contributed by atoms with Gasteiger partial charge in [-0.15, -0.1) is 0 Å². The summed E-state index contributed by atoms with van der Waals surface area (Å²) in [7, 11) is -4.32. The van der Waals surface area contributed by atoms with Crippen LogP contribution in [-0.2, 0) is 33.8 Å². The number of ether oxygens (including phenoxy) is 3. The Balaban J connectivity index is 2.62. The number of nitrogens with zero attached hydrogens (tertiary/aromatic N) is 1. The number of sulfonamides is 1. The molecule has 0 radical (unpaired) electrons. The minimum atomic E-state index is -4.32. The van der Waals surface area contributed by atoms with E-state index in [-0.39, 0.29) is 11.5 Å². The molecule has 5 atom stereocenters. The summed E-state index contributed by atoms with van der Waals surface area (Å²) in [5.74, 6) is -1.50. The summed E-state index contributed by atoms with van der Waals surface area (Å²) in [5.41, 5.74) is 0.832. The number of piperidine rings is 1. The quantitative estimate of drug-likeness (QED) is 0.553. The largest absolute Gasteiger partial charge is 0.464 e. The van der Waals surface area contributed by atoms with E-state index in [0.29, 0.717) is 0 Å². The fraction of sp³-hybridized carbons (Fsp3) is 0.579. The third-order valence-corrected chi connectivity index (χ3v) is 6.53. The average molecular weight is 445 g/mol. The molecule has 11 heteroatoms. The lowest BCUT2D eigenvalue weighted by Gasteiger charge is -2.48. The van der Waals surface area contributed by atoms with Crippen LogP contribution in [0, 0.1) is 6.92 Å². The highest BCUT2D eigenvalue weighted by molar-refractivity contribution is 7.89. The Kier molecular flexibility index (Phi) is 7.94. The van der Waals surface area contributed by atoms with Crippen LogP contribution in [0.1, 0.15) is 26.3 Å². The van der Waals surface area contributed by atoms with Crippen molar-refractivity contribution in [2.24, 2.45) is 0 Å². The lowest BCUT2D eigenvalue weighted by Crippen LogP contribution is -2.70. The Morgan fingerprint density at radius 3 is 2.17 bits per heavy atom. The number of esters is 2. The summed E-state index contributed by atoms with van der Waals surface area (Å²) in [6.07, 6.45) is -6.38. The van der Waals surface area contributed by atoms with Gasteiger partial charge in [0.1, 0.15) is 24.9 Å². The first-order chi connectivity index (χ1) is 14.0. The van der Waals surface area contributed by atoms with Crippen molar-refractivity contribution in [2.75, 3.05) is 13.2 Å². The van der Waals surface area contributed by atoms with E-state index in [9.17, 15) is 28.2 Å². The fourth-order valence-corrected chi connectivity index (χ4v) is 5.00. The van der Waals surface area contributed by atoms with E-state index >= 15 is 0 Å². The highest BCUT2D eigenvalue weighted by Gasteiger charge is 2.55. The van der Waals surface area contributed by atoms with E-state index in [1.54, 1.807) is 26.0 Å². The number of carbonyl (C=O) groups excluding carboxylic acids is 2. The number of carbonyl (C=O) groups is 2. The summed E-state index contributed by atoms with van der Waals surface area (Å²) < 4.78 is 43.4. The Labute approximate surface area is 175 Å². The standard InChI is InChI=1S/C19H27NO9S/c1-5-27-19-17(24)16(23)18(29-13(4)22)15(10-28-12(3)21)20(19)30(25,26)14-8-6-11(2)7-9-14/h6-9,15-19,23-24H,5,10H2,1-4H3/t15-,16-,17+,18-,19-/m1/s1. The van der Waals surface area contributed by atoms with Crippen molar-refractivity contribution >= 4 is 22.0 Å². The summed E-state index contributed by atoms with van der Waals surface area (Å²) in [6, 6.07) is 4.63. The molecule has 30 heavy (non-hydrogen) atoms. The molecular weight excluding hydrogens is 418 g/mol. The summed E-state index contributed by atoms with van der Waals surface area (Å²) in [4.78, 5) is 22.9. The topological polar surface area (TPSA) is 140 Å². The maximum Gasteiger partial charge on any atom is 0.303 e. The van der Waals surface area contributed by atoms with Crippen molar-refractivity contribution in [3.63, 3.8) is 0 Å².